The minimum absolute atomic E-state index is 1.05. The summed E-state index contributed by atoms with van der Waals surface area (Å²) in [5, 5.41) is 4.46. The van der Waals surface area contributed by atoms with Crippen molar-refractivity contribution in [3.8, 4) is 0 Å². The highest BCUT2D eigenvalue weighted by atomic mass is 15.3. The molecule has 0 atom stereocenters. The smallest absolute Gasteiger partial charge is 0.0656 e. The number of hydrogen-bond acceptors (Lipinski definition) is 1. The Balaban J connectivity index is 0.000000791. The monoisotopic (exact) mass is 196 g/mol. The van der Waals surface area contributed by atoms with Crippen LogP contribution in [0.1, 0.15) is 51.1 Å². The predicted octanol–water partition coefficient (Wildman–Crippen LogP) is 3.27. The van der Waals surface area contributed by atoms with Crippen molar-refractivity contribution in [2.24, 2.45) is 7.05 Å². The van der Waals surface area contributed by atoms with E-state index in [1.54, 1.807) is 0 Å². The molecule has 14 heavy (non-hydrogen) atoms. The fraction of sp³-hybridized carbons (Fsp3) is 0.750. The summed E-state index contributed by atoms with van der Waals surface area (Å²) in [6, 6.07) is 0. The molecule has 0 amide bonds. The Hall–Kier alpha value is -0.790. The number of aromatic nitrogens is 2. The van der Waals surface area contributed by atoms with E-state index in [0.29, 0.717) is 0 Å². The molecule has 1 rings (SSSR count). The third-order valence-electron chi connectivity index (χ3n) is 2.38. The number of nitrogens with zero attached hydrogens (tertiary/aromatic N) is 2. The Kier molecular flexibility index (Phi) is 6.26. The Morgan fingerprint density at radius 3 is 2.21 bits per heavy atom. The summed E-state index contributed by atoms with van der Waals surface area (Å²) < 4.78 is 1.99. The standard InChI is InChI=1S/C10H18N2.C2H6/c1-5-7-9-8(3)12(4)11-10(9)6-2;1-2/h5-7H2,1-4H3;1-2H3. The van der Waals surface area contributed by atoms with E-state index in [0.717, 1.165) is 6.42 Å². The highest BCUT2D eigenvalue weighted by Gasteiger charge is 2.09. The lowest BCUT2D eigenvalue weighted by Crippen LogP contribution is -1.93. The van der Waals surface area contributed by atoms with E-state index in [1.165, 1.54) is 29.8 Å². The third-order valence-corrected chi connectivity index (χ3v) is 2.38. The second-order valence-electron chi connectivity index (χ2n) is 3.24. The topological polar surface area (TPSA) is 17.8 Å². The summed E-state index contributed by atoms with van der Waals surface area (Å²) in [6.45, 7) is 10.5. The van der Waals surface area contributed by atoms with Gasteiger partial charge in [-0.25, -0.2) is 0 Å². The maximum absolute atomic E-state index is 4.46. The number of rotatable bonds is 3. The minimum Gasteiger partial charge on any atom is -0.272 e. The molecule has 1 aromatic heterocycles. The van der Waals surface area contributed by atoms with Crippen LogP contribution in [0.3, 0.4) is 0 Å². The number of aryl methyl sites for hydroxylation is 2. The van der Waals surface area contributed by atoms with Crippen LogP contribution in [0.5, 0.6) is 0 Å². The molecule has 0 N–H and O–H groups in total. The first-order valence-corrected chi connectivity index (χ1v) is 5.72. The lowest BCUT2D eigenvalue weighted by molar-refractivity contribution is 0.722. The van der Waals surface area contributed by atoms with Crippen LogP contribution in [0, 0.1) is 6.92 Å². The Morgan fingerprint density at radius 1 is 1.21 bits per heavy atom. The van der Waals surface area contributed by atoms with Crippen LogP contribution < -0.4 is 0 Å². The van der Waals surface area contributed by atoms with Gasteiger partial charge in [-0.2, -0.15) is 5.10 Å². The van der Waals surface area contributed by atoms with Crippen molar-refractivity contribution in [3.05, 3.63) is 17.0 Å². The van der Waals surface area contributed by atoms with Gasteiger partial charge >= 0.3 is 0 Å². The summed E-state index contributed by atoms with van der Waals surface area (Å²) in [6.07, 6.45) is 3.43. The first-order chi connectivity index (χ1) is 6.70. The second-order valence-corrected chi connectivity index (χ2v) is 3.24. The van der Waals surface area contributed by atoms with Gasteiger partial charge in [0.2, 0.25) is 0 Å². The van der Waals surface area contributed by atoms with Gasteiger partial charge in [0.05, 0.1) is 5.69 Å². The normalized spacial score (nSPS) is 9.57. The van der Waals surface area contributed by atoms with Gasteiger partial charge in [0.15, 0.2) is 0 Å². The average Bonchev–Trinajstić information content (AvgIpc) is 2.49. The molecule has 2 nitrogen and oxygen atoms in total. The molecule has 82 valence electrons. The minimum atomic E-state index is 1.05. The summed E-state index contributed by atoms with van der Waals surface area (Å²) >= 11 is 0. The molecule has 0 aliphatic rings. The van der Waals surface area contributed by atoms with Crippen molar-refractivity contribution < 1.29 is 0 Å². The molecule has 0 fully saturated rings. The Bertz CT molecular complexity index is 262. The molecule has 0 aliphatic carbocycles. The lowest BCUT2D eigenvalue weighted by atomic mass is 10.1. The van der Waals surface area contributed by atoms with E-state index in [-0.39, 0.29) is 0 Å². The maximum atomic E-state index is 4.46. The highest BCUT2D eigenvalue weighted by Crippen LogP contribution is 2.15. The van der Waals surface area contributed by atoms with Crippen LogP contribution in [0.2, 0.25) is 0 Å². The van der Waals surface area contributed by atoms with Crippen molar-refractivity contribution in [3.63, 3.8) is 0 Å². The van der Waals surface area contributed by atoms with Gasteiger partial charge in [0.1, 0.15) is 0 Å². The van der Waals surface area contributed by atoms with Crippen LogP contribution in [-0.4, -0.2) is 9.78 Å². The molecule has 0 aliphatic heterocycles. The first-order valence-electron chi connectivity index (χ1n) is 5.72. The molecule has 0 unspecified atom stereocenters. The van der Waals surface area contributed by atoms with Crippen LogP contribution in [0.25, 0.3) is 0 Å². The zero-order valence-corrected chi connectivity index (χ0v) is 10.5. The van der Waals surface area contributed by atoms with Gasteiger partial charge in [0, 0.05) is 12.7 Å². The third kappa shape index (κ3) is 2.86. The van der Waals surface area contributed by atoms with Gasteiger partial charge in [-0.05, 0) is 25.3 Å². The molecule has 0 aromatic carbocycles. The lowest BCUT2D eigenvalue weighted by Gasteiger charge is -1.98. The van der Waals surface area contributed by atoms with E-state index < -0.39 is 0 Å². The molecule has 0 spiro atoms. The van der Waals surface area contributed by atoms with Crippen molar-refractivity contribution in [2.75, 3.05) is 0 Å². The summed E-state index contributed by atoms with van der Waals surface area (Å²) in [5.41, 5.74) is 4.06. The van der Waals surface area contributed by atoms with Crippen LogP contribution in [0.4, 0.5) is 0 Å². The molecule has 0 bridgehead atoms. The molecule has 2 heteroatoms. The van der Waals surface area contributed by atoms with Crippen LogP contribution in [-0.2, 0) is 19.9 Å². The van der Waals surface area contributed by atoms with Crippen LogP contribution >= 0.6 is 0 Å². The molecule has 0 saturated heterocycles. The molecule has 0 radical (unpaired) electrons. The van der Waals surface area contributed by atoms with E-state index in [2.05, 4.69) is 25.9 Å². The molecule has 1 heterocycles. The van der Waals surface area contributed by atoms with E-state index in [4.69, 9.17) is 0 Å². The maximum Gasteiger partial charge on any atom is 0.0656 e. The summed E-state index contributed by atoms with van der Waals surface area (Å²) in [5.74, 6) is 0. The SMILES string of the molecule is CC.CCCc1c(CC)nn(C)c1C. The zero-order valence-electron chi connectivity index (χ0n) is 10.5. The molecule has 1 aromatic rings. The van der Waals surface area contributed by atoms with E-state index >= 15 is 0 Å². The fourth-order valence-corrected chi connectivity index (χ4v) is 1.58. The summed E-state index contributed by atoms with van der Waals surface area (Å²) in [7, 11) is 2.02. The van der Waals surface area contributed by atoms with Crippen molar-refractivity contribution in [1.29, 1.82) is 0 Å². The van der Waals surface area contributed by atoms with Gasteiger partial charge < -0.3 is 0 Å². The van der Waals surface area contributed by atoms with Crippen molar-refractivity contribution in [2.45, 2.75) is 53.9 Å². The Morgan fingerprint density at radius 2 is 1.79 bits per heavy atom. The quantitative estimate of drug-likeness (QED) is 0.725. The predicted molar refractivity (Wildman–Crippen MR) is 62.7 cm³/mol. The molecular weight excluding hydrogens is 172 g/mol. The Labute approximate surface area is 88.3 Å². The first kappa shape index (κ1) is 13.2. The van der Waals surface area contributed by atoms with Gasteiger partial charge in [-0.3, -0.25) is 4.68 Å². The zero-order chi connectivity index (χ0) is 11.1. The number of hydrogen-bond donors (Lipinski definition) is 0. The van der Waals surface area contributed by atoms with Crippen molar-refractivity contribution >= 4 is 0 Å². The van der Waals surface area contributed by atoms with E-state index in [9.17, 15) is 0 Å². The van der Waals surface area contributed by atoms with Gasteiger partial charge in [-0.15, -0.1) is 0 Å². The second kappa shape index (κ2) is 6.63. The van der Waals surface area contributed by atoms with Gasteiger partial charge in [-0.1, -0.05) is 34.1 Å². The average molecular weight is 196 g/mol. The molecular formula is C12H24N2. The van der Waals surface area contributed by atoms with Crippen molar-refractivity contribution in [1.82, 2.24) is 9.78 Å². The van der Waals surface area contributed by atoms with Crippen LogP contribution in [0.15, 0.2) is 0 Å². The highest BCUT2D eigenvalue weighted by molar-refractivity contribution is 5.25. The molecule has 0 saturated carbocycles. The van der Waals surface area contributed by atoms with E-state index in [1.807, 2.05) is 25.6 Å². The largest absolute Gasteiger partial charge is 0.272 e. The summed E-state index contributed by atoms with van der Waals surface area (Å²) in [4.78, 5) is 0. The van der Waals surface area contributed by atoms with Gasteiger partial charge in [0.25, 0.3) is 0 Å². The fourth-order valence-electron chi connectivity index (χ4n) is 1.58.